The minimum Gasteiger partial charge on any atom is -0.477 e. The van der Waals surface area contributed by atoms with Gasteiger partial charge in [-0.3, -0.25) is 14.4 Å². The summed E-state index contributed by atoms with van der Waals surface area (Å²) < 4.78 is 1.37. The number of carbonyl (C=O) groups is 4. The number of nitrogens with zero attached hydrogens (tertiary/aromatic N) is 6. The van der Waals surface area contributed by atoms with Crippen molar-refractivity contribution < 1.29 is 24.3 Å². The van der Waals surface area contributed by atoms with E-state index in [0.717, 1.165) is 25.9 Å². The van der Waals surface area contributed by atoms with Crippen LogP contribution in [0.5, 0.6) is 0 Å². The molecule has 0 radical (unpaired) electrons. The number of tetrazole rings is 1. The van der Waals surface area contributed by atoms with E-state index < -0.39 is 17.9 Å². The lowest BCUT2D eigenvalue weighted by Crippen LogP contribution is -2.66. The van der Waals surface area contributed by atoms with Crippen LogP contribution in [0.15, 0.2) is 10.6 Å². The molecule has 0 aliphatic carbocycles. The van der Waals surface area contributed by atoms with Crippen LogP contribution in [0.3, 0.4) is 0 Å². The number of carboxylic acid groups (broad SMARTS) is 1. The molecule has 0 aromatic carbocycles. The highest BCUT2D eigenvalue weighted by Crippen LogP contribution is 2.51. The highest BCUT2D eigenvalue weighted by atomic mass is 32.2. The number of hydrogen-bond acceptors (Lipinski definition) is 9. The Labute approximate surface area is 218 Å². The Morgan fingerprint density at radius 3 is 2.65 bits per heavy atom. The summed E-state index contributed by atoms with van der Waals surface area (Å²) >= 11 is 1.46. The van der Waals surface area contributed by atoms with E-state index in [2.05, 4.69) is 26.2 Å². The molecule has 3 N–H and O–H groups in total. The van der Waals surface area contributed by atoms with Gasteiger partial charge in [0.15, 0.2) is 0 Å². The van der Waals surface area contributed by atoms with Crippen LogP contribution >= 0.6 is 11.8 Å². The zero-order valence-electron chi connectivity index (χ0n) is 21.1. The molecule has 3 amide bonds. The van der Waals surface area contributed by atoms with Gasteiger partial charge in [0.1, 0.15) is 18.1 Å². The van der Waals surface area contributed by atoms with E-state index in [4.69, 9.17) is 0 Å². The number of hydrogen-bond donors (Lipinski definition) is 3. The fourth-order valence-electron chi connectivity index (χ4n) is 5.94. The largest absolute Gasteiger partial charge is 0.477 e. The van der Waals surface area contributed by atoms with Gasteiger partial charge in [-0.15, -0.1) is 16.9 Å². The third kappa shape index (κ3) is 4.60. The van der Waals surface area contributed by atoms with E-state index in [9.17, 15) is 24.3 Å². The predicted molar refractivity (Wildman–Crippen MR) is 132 cm³/mol. The third-order valence-electron chi connectivity index (χ3n) is 7.82. The molecule has 5 heterocycles. The fraction of sp³-hybridized carbons (Fsp3) is 0.696. The third-order valence-corrected chi connectivity index (χ3v) is 9.33. The Balaban J connectivity index is 1.24. The number of carbonyl (C=O) groups excluding carboxylic acids is 3. The van der Waals surface area contributed by atoms with Gasteiger partial charge >= 0.3 is 5.97 Å². The number of thioether (sulfide) groups is 1. The topological polar surface area (TPSA) is 163 Å². The number of amides is 3. The quantitative estimate of drug-likeness (QED) is 0.367. The van der Waals surface area contributed by atoms with Gasteiger partial charge in [0.2, 0.25) is 17.7 Å². The second-order valence-corrected chi connectivity index (χ2v) is 11.6. The first kappa shape index (κ1) is 25.6. The number of carboxylic acids is 1. The van der Waals surface area contributed by atoms with Crippen molar-refractivity contribution in [3.8, 4) is 0 Å². The summed E-state index contributed by atoms with van der Waals surface area (Å²) in [6, 6.07) is -1.09. The minimum absolute atomic E-state index is 0.0286. The maximum Gasteiger partial charge on any atom is 0.353 e. The molecular formula is C23H32N8O5S. The first-order valence-corrected chi connectivity index (χ1v) is 13.6. The van der Waals surface area contributed by atoms with Gasteiger partial charge in [-0.25, -0.2) is 9.48 Å². The molecule has 4 aliphatic heterocycles. The van der Waals surface area contributed by atoms with Crippen LogP contribution in [-0.4, -0.2) is 102 Å². The average molecular weight is 533 g/mol. The molecule has 6 atom stereocenters. The number of nitrogens with one attached hydrogen (secondary N) is 2. The van der Waals surface area contributed by atoms with Crippen LogP contribution in [0.4, 0.5) is 0 Å². The van der Waals surface area contributed by atoms with Gasteiger partial charge in [0.05, 0.1) is 18.0 Å². The number of aryl methyl sites for hydroxylation is 1. The summed E-state index contributed by atoms with van der Waals surface area (Å²) in [7, 11) is 0. The lowest BCUT2D eigenvalue weighted by atomic mass is 9.78. The lowest BCUT2D eigenvalue weighted by Gasteiger charge is -2.47. The molecule has 3 fully saturated rings. The van der Waals surface area contributed by atoms with Crippen LogP contribution in [0.2, 0.25) is 0 Å². The molecule has 5 rings (SSSR count). The zero-order valence-corrected chi connectivity index (χ0v) is 21.9. The number of aromatic nitrogens is 4. The summed E-state index contributed by atoms with van der Waals surface area (Å²) in [5.74, 6) is -1.88. The van der Waals surface area contributed by atoms with Crippen LogP contribution in [-0.2, 0) is 25.7 Å². The lowest BCUT2D eigenvalue weighted by molar-refractivity contribution is -0.158. The van der Waals surface area contributed by atoms with Crippen molar-refractivity contribution in [3.63, 3.8) is 0 Å². The van der Waals surface area contributed by atoms with Crippen LogP contribution in [0, 0.1) is 18.8 Å². The number of β-lactam (4-membered cyclic amide) rings is 1. The Kier molecular flexibility index (Phi) is 6.96. The molecule has 1 unspecified atom stereocenters. The SMILES string of the molecule is Cc1nnnn1CC(=O)N[C@H](C)[C@H]1C(=O)N2C(C(=O)O)=C(S[C@@H]3CN[C@H](C(=O)N4CCCC4)C3)[C@H](C)C12. The molecule has 4 aliphatic rings. The summed E-state index contributed by atoms with van der Waals surface area (Å²) in [6.07, 6.45) is 2.69. The number of likely N-dealkylation sites (tertiary alicyclic amines) is 1. The molecule has 14 heteroatoms. The fourth-order valence-corrected chi connectivity index (χ4v) is 7.41. The van der Waals surface area contributed by atoms with Crippen molar-refractivity contribution in [2.75, 3.05) is 19.6 Å². The van der Waals surface area contributed by atoms with E-state index in [0.29, 0.717) is 23.7 Å². The molecule has 200 valence electrons. The second-order valence-electron chi connectivity index (χ2n) is 10.2. The Hall–Kier alpha value is -3.00. The van der Waals surface area contributed by atoms with E-state index in [-0.39, 0.29) is 53.2 Å². The van der Waals surface area contributed by atoms with Crippen molar-refractivity contribution in [2.24, 2.45) is 11.8 Å². The maximum absolute atomic E-state index is 13.1. The molecule has 1 aromatic heterocycles. The summed E-state index contributed by atoms with van der Waals surface area (Å²) in [4.78, 5) is 54.7. The second kappa shape index (κ2) is 10.0. The summed E-state index contributed by atoms with van der Waals surface area (Å²) in [5, 5.41) is 27.3. The van der Waals surface area contributed by atoms with Gasteiger partial charge in [0.25, 0.3) is 0 Å². The van der Waals surface area contributed by atoms with E-state index in [1.807, 2.05) is 11.8 Å². The number of fused-ring (bicyclic) bond motifs is 1. The van der Waals surface area contributed by atoms with E-state index >= 15 is 0 Å². The highest BCUT2D eigenvalue weighted by molar-refractivity contribution is 8.03. The van der Waals surface area contributed by atoms with Gasteiger partial charge in [-0.05, 0) is 43.5 Å². The van der Waals surface area contributed by atoms with Gasteiger partial charge in [-0.2, -0.15) is 0 Å². The van der Waals surface area contributed by atoms with Crippen molar-refractivity contribution in [2.45, 2.75) is 70.0 Å². The Bertz CT molecular complexity index is 1150. The molecule has 13 nitrogen and oxygen atoms in total. The molecule has 37 heavy (non-hydrogen) atoms. The zero-order chi connectivity index (χ0) is 26.4. The molecule has 0 bridgehead atoms. The van der Waals surface area contributed by atoms with Crippen molar-refractivity contribution in [1.29, 1.82) is 0 Å². The Morgan fingerprint density at radius 1 is 1.27 bits per heavy atom. The van der Waals surface area contributed by atoms with Gasteiger partial charge in [-0.1, -0.05) is 6.92 Å². The maximum atomic E-state index is 13.1. The summed E-state index contributed by atoms with van der Waals surface area (Å²) in [5.41, 5.74) is 0.0286. The number of aliphatic carboxylic acids is 1. The molecule has 0 saturated carbocycles. The first-order valence-electron chi connectivity index (χ1n) is 12.7. The van der Waals surface area contributed by atoms with Crippen molar-refractivity contribution >= 4 is 35.5 Å². The van der Waals surface area contributed by atoms with Crippen molar-refractivity contribution in [3.05, 3.63) is 16.4 Å². The van der Waals surface area contributed by atoms with Crippen molar-refractivity contribution in [1.82, 2.24) is 40.6 Å². The normalized spacial score (nSPS) is 29.9. The van der Waals surface area contributed by atoms with Gasteiger partial charge in [0, 0.05) is 41.7 Å². The standard InChI is InChI=1S/C23H32N8O5S/c1-11-18-17(12(2)25-16(32)10-30-13(3)26-27-28-30)22(34)31(18)19(23(35)36)20(11)37-14-8-15(24-9-14)21(33)29-6-4-5-7-29/h11-12,14-15,17-18,24H,4-10H2,1-3H3,(H,25,32)(H,35,36)/t11-,12-,14+,15+,17-,18?/m1/s1. The van der Waals surface area contributed by atoms with Gasteiger partial charge < -0.3 is 25.5 Å². The minimum atomic E-state index is -1.13. The summed E-state index contributed by atoms with van der Waals surface area (Å²) in [6.45, 7) is 7.51. The van der Waals surface area contributed by atoms with Crippen LogP contribution in [0.25, 0.3) is 0 Å². The molecule has 0 spiro atoms. The monoisotopic (exact) mass is 532 g/mol. The van der Waals surface area contributed by atoms with E-state index in [1.54, 1.807) is 13.8 Å². The average Bonchev–Trinajstić information content (AvgIpc) is 3.63. The predicted octanol–water partition coefficient (Wildman–Crippen LogP) is -0.655. The molecule has 3 saturated heterocycles. The highest BCUT2D eigenvalue weighted by Gasteiger charge is 2.60. The smallest absolute Gasteiger partial charge is 0.353 e. The first-order chi connectivity index (χ1) is 17.7. The van der Waals surface area contributed by atoms with Crippen LogP contribution in [0.1, 0.15) is 38.9 Å². The van der Waals surface area contributed by atoms with Crippen LogP contribution < -0.4 is 10.6 Å². The molecular weight excluding hydrogens is 500 g/mol. The van der Waals surface area contributed by atoms with E-state index in [1.165, 1.54) is 21.3 Å². The number of rotatable bonds is 8. The molecule has 1 aromatic rings. The Morgan fingerprint density at radius 2 is 2.00 bits per heavy atom.